The van der Waals surface area contributed by atoms with Gasteiger partial charge in [-0.05, 0) is 46.3 Å². The highest BCUT2D eigenvalue weighted by molar-refractivity contribution is 9.10. The summed E-state index contributed by atoms with van der Waals surface area (Å²) in [5, 5.41) is 0. The molecular weight excluding hydrogens is 342 g/mol. The molecule has 1 atom stereocenters. The number of carbonyl (C=O) groups excluding carboxylic acids is 1. The minimum Gasteiger partial charge on any atom is -0.457 e. The standard InChI is InChI=1S/C14H12BrNO3S/c1-20(18)13-4-2-11(3-5-13)14(17)19-9-10-6-12(15)8-16-7-10/h2-8H,9H2,1H3/t20-/m0/s1. The summed E-state index contributed by atoms with van der Waals surface area (Å²) in [5.41, 5.74) is 1.24. The summed E-state index contributed by atoms with van der Waals surface area (Å²) in [6.07, 6.45) is 4.89. The Morgan fingerprint density at radius 2 is 2.00 bits per heavy atom. The van der Waals surface area contributed by atoms with Crippen molar-refractivity contribution in [3.63, 3.8) is 0 Å². The van der Waals surface area contributed by atoms with Crippen LogP contribution < -0.4 is 0 Å². The van der Waals surface area contributed by atoms with Crippen molar-refractivity contribution in [2.24, 2.45) is 0 Å². The Morgan fingerprint density at radius 1 is 1.30 bits per heavy atom. The lowest BCUT2D eigenvalue weighted by Gasteiger charge is -2.05. The van der Waals surface area contributed by atoms with Gasteiger partial charge in [-0.15, -0.1) is 0 Å². The Morgan fingerprint density at radius 3 is 2.60 bits per heavy atom. The number of hydrogen-bond donors (Lipinski definition) is 0. The molecule has 0 amide bonds. The summed E-state index contributed by atoms with van der Waals surface area (Å²) >= 11 is 3.30. The maximum absolute atomic E-state index is 11.9. The monoisotopic (exact) mass is 353 g/mol. The molecule has 1 heterocycles. The van der Waals surface area contributed by atoms with Gasteiger partial charge in [0.15, 0.2) is 0 Å². The summed E-state index contributed by atoms with van der Waals surface area (Å²) in [6.45, 7) is 0.159. The highest BCUT2D eigenvalue weighted by Crippen LogP contribution is 2.12. The van der Waals surface area contributed by atoms with Gasteiger partial charge in [-0.1, -0.05) is 0 Å². The molecule has 0 aliphatic carbocycles. The smallest absolute Gasteiger partial charge is 0.338 e. The Kier molecular flexibility index (Phi) is 5.03. The van der Waals surface area contributed by atoms with Gasteiger partial charge in [0.2, 0.25) is 0 Å². The summed E-state index contributed by atoms with van der Waals surface area (Å²) in [6, 6.07) is 8.38. The predicted octanol–water partition coefficient (Wildman–Crippen LogP) is 2.94. The number of pyridine rings is 1. The molecule has 0 N–H and O–H groups in total. The van der Waals surface area contributed by atoms with Crippen LogP contribution >= 0.6 is 15.9 Å². The number of esters is 1. The normalized spacial score (nSPS) is 11.9. The molecule has 2 aromatic rings. The number of carbonyl (C=O) groups is 1. The Hall–Kier alpha value is -1.53. The van der Waals surface area contributed by atoms with Crippen LogP contribution in [0.3, 0.4) is 0 Å². The van der Waals surface area contributed by atoms with Crippen molar-refractivity contribution in [3.8, 4) is 0 Å². The SMILES string of the molecule is C[S@](=O)c1ccc(C(=O)OCc2cncc(Br)c2)cc1. The maximum atomic E-state index is 11.9. The van der Waals surface area contributed by atoms with Gasteiger partial charge < -0.3 is 4.74 Å². The van der Waals surface area contributed by atoms with Gasteiger partial charge in [-0.3, -0.25) is 9.19 Å². The van der Waals surface area contributed by atoms with Crippen molar-refractivity contribution in [1.82, 2.24) is 4.98 Å². The van der Waals surface area contributed by atoms with E-state index >= 15 is 0 Å². The van der Waals surface area contributed by atoms with E-state index in [0.717, 1.165) is 10.0 Å². The fraction of sp³-hybridized carbons (Fsp3) is 0.143. The lowest BCUT2D eigenvalue weighted by molar-refractivity contribution is 0.0472. The zero-order valence-electron chi connectivity index (χ0n) is 10.7. The quantitative estimate of drug-likeness (QED) is 0.793. The van der Waals surface area contributed by atoms with E-state index in [0.29, 0.717) is 10.5 Å². The average Bonchev–Trinajstić information content (AvgIpc) is 2.45. The second-order valence-corrected chi connectivity index (χ2v) is 6.36. The Bertz CT molecular complexity index is 643. The zero-order valence-corrected chi connectivity index (χ0v) is 13.1. The van der Waals surface area contributed by atoms with Crippen molar-refractivity contribution < 1.29 is 13.7 Å². The van der Waals surface area contributed by atoms with Gasteiger partial charge in [0.1, 0.15) is 6.61 Å². The molecule has 104 valence electrons. The van der Waals surface area contributed by atoms with Crippen LogP contribution in [0.1, 0.15) is 15.9 Å². The molecule has 2 rings (SSSR count). The van der Waals surface area contributed by atoms with Crippen LogP contribution in [0.2, 0.25) is 0 Å². The van der Waals surface area contributed by atoms with E-state index in [1.54, 1.807) is 42.9 Å². The lowest BCUT2D eigenvalue weighted by atomic mass is 10.2. The average molecular weight is 354 g/mol. The van der Waals surface area contributed by atoms with Crippen LogP contribution in [0.25, 0.3) is 0 Å². The van der Waals surface area contributed by atoms with Crippen LogP contribution in [0.5, 0.6) is 0 Å². The van der Waals surface area contributed by atoms with Crippen molar-refractivity contribution in [2.75, 3.05) is 6.26 Å². The number of halogens is 1. The van der Waals surface area contributed by atoms with Crippen molar-refractivity contribution in [1.29, 1.82) is 0 Å². The number of ether oxygens (including phenoxy) is 1. The molecular formula is C14H12BrNO3S. The molecule has 0 saturated heterocycles. The second kappa shape index (κ2) is 6.76. The summed E-state index contributed by atoms with van der Waals surface area (Å²) in [7, 11) is -1.05. The van der Waals surface area contributed by atoms with Crippen LogP contribution in [-0.2, 0) is 22.1 Å². The number of benzene rings is 1. The first-order valence-electron chi connectivity index (χ1n) is 5.76. The number of hydrogen-bond acceptors (Lipinski definition) is 4. The first-order valence-corrected chi connectivity index (χ1v) is 8.11. The van der Waals surface area contributed by atoms with Crippen LogP contribution in [0, 0.1) is 0 Å². The summed E-state index contributed by atoms with van der Waals surface area (Å²) < 4.78 is 17.3. The first kappa shape index (κ1) is 14.9. The fourth-order valence-corrected chi connectivity index (χ4v) is 2.48. The molecule has 1 aromatic heterocycles. The molecule has 0 saturated carbocycles. The molecule has 0 unspecified atom stereocenters. The van der Waals surface area contributed by atoms with E-state index in [9.17, 15) is 9.00 Å². The van der Waals surface area contributed by atoms with Crippen molar-refractivity contribution in [2.45, 2.75) is 11.5 Å². The van der Waals surface area contributed by atoms with E-state index < -0.39 is 16.8 Å². The zero-order chi connectivity index (χ0) is 14.5. The third-order valence-corrected chi connectivity index (χ3v) is 3.92. The second-order valence-electron chi connectivity index (χ2n) is 4.07. The number of rotatable bonds is 4. The molecule has 0 aliphatic heterocycles. The van der Waals surface area contributed by atoms with Crippen LogP contribution in [-0.4, -0.2) is 21.4 Å². The molecule has 1 aromatic carbocycles. The molecule has 0 radical (unpaired) electrons. The maximum Gasteiger partial charge on any atom is 0.338 e. The predicted molar refractivity (Wildman–Crippen MR) is 79.8 cm³/mol. The van der Waals surface area contributed by atoms with E-state index in [1.165, 1.54) is 0 Å². The number of nitrogens with zero attached hydrogens (tertiary/aromatic N) is 1. The summed E-state index contributed by atoms with van der Waals surface area (Å²) in [4.78, 5) is 16.5. The van der Waals surface area contributed by atoms with Gasteiger partial charge in [-0.25, -0.2) is 4.79 Å². The molecule has 4 nitrogen and oxygen atoms in total. The van der Waals surface area contributed by atoms with Gasteiger partial charge in [0, 0.05) is 44.4 Å². The molecule has 6 heteroatoms. The van der Waals surface area contributed by atoms with Crippen LogP contribution in [0.15, 0.2) is 52.1 Å². The molecule has 20 heavy (non-hydrogen) atoms. The fourth-order valence-electron chi connectivity index (χ4n) is 1.55. The van der Waals surface area contributed by atoms with Gasteiger partial charge in [0.05, 0.1) is 5.56 Å². The van der Waals surface area contributed by atoms with E-state index in [-0.39, 0.29) is 6.61 Å². The lowest BCUT2D eigenvalue weighted by Crippen LogP contribution is -2.05. The van der Waals surface area contributed by atoms with E-state index in [4.69, 9.17) is 4.74 Å². The Labute approximate surface area is 127 Å². The molecule has 0 spiro atoms. The summed E-state index contributed by atoms with van der Waals surface area (Å²) in [5.74, 6) is -0.418. The minimum absolute atomic E-state index is 0.159. The third kappa shape index (κ3) is 3.98. The highest BCUT2D eigenvalue weighted by atomic mass is 79.9. The number of aromatic nitrogens is 1. The largest absolute Gasteiger partial charge is 0.457 e. The molecule has 0 bridgehead atoms. The molecule has 0 fully saturated rings. The van der Waals surface area contributed by atoms with Gasteiger partial charge in [-0.2, -0.15) is 0 Å². The topological polar surface area (TPSA) is 56.3 Å². The molecule has 0 aliphatic rings. The highest BCUT2D eigenvalue weighted by Gasteiger charge is 2.08. The van der Waals surface area contributed by atoms with Gasteiger partial charge in [0.25, 0.3) is 0 Å². The van der Waals surface area contributed by atoms with Crippen molar-refractivity contribution in [3.05, 3.63) is 58.3 Å². The first-order chi connectivity index (χ1) is 9.56. The van der Waals surface area contributed by atoms with Crippen molar-refractivity contribution >= 4 is 32.7 Å². The van der Waals surface area contributed by atoms with Gasteiger partial charge >= 0.3 is 5.97 Å². The Balaban J connectivity index is 1.99. The van der Waals surface area contributed by atoms with Crippen LogP contribution in [0.4, 0.5) is 0 Å². The third-order valence-electron chi connectivity index (χ3n) is 2.55. The minimum atomic E-state index is -1.05. The van der Waals surface area contributed by atoms with E-state index in [1.807, 2.05) is 6.07 Å². The van der Waals surface area contributed by atoms with E-state index in [2.05, 4.69) is 20.9 Å².